The van der Waals surface area contributed by atoms with Crippen molar-refractivity contribution >= 4 is 11.8 Å². The summed E-state index contributed by atoms with van der Waals surface area (Å²) in [5.74, 6) is 0.873. The molecule has 4 heteroatoms. The quantitative estimate of drug-likeness (QED) is 0.659. The molecule has 1 aliphatic heterocycles. The van der Waals surface area contributed by atoms with Crippen LogP contribution in [0.1, 0.15) is 50.7 Å². The topological polar surface area (TPSA) is 44.9 Å². The molecule has 1 aliphatic rings. The Balaban J connectivity index is 2.08. The van der Waals surface area contributed by atoms with Crippen LogP contribution in [-0.4, -0.2) is 42.7 Å². The molecule has 1 aromatic carbocycles. The Labute approximate surface area is 171 Å². The molecule has 0 saturated carbocycles. The zero-order chi connectivity index (χ0) is 20.4. The number of nitrogens with zero attached hydrogens (tertiary/aromatic N) is 3. The summed E-state index contributed by atoms with van der Waals surface area (Å²) < 4.78 is 0. The second-order valence-electron chi connectivity index (χ2n) is 7.36. The van der Waals surface area contributed by atoms with Gasteiger partial charge in [-0.15, -0.1) is 0 Å². The number of rotatable bonds is 8. The number of aliphatic imine (C=N–C) groups is 1. The van der Waals surface area contributed by atoms with Gasteiger partial charge in [0.1, 0.15) is 5.82 Å². The first-order chi connectivity index (χ1) is 13.6. The molecule has 1 aromatic rings. The van der Waals surface area contributed by atoms with Gasteiger partial charge in [-0.2, -0.15) is 0 Å². The first-order valence-corrected chi connectivity index (χ1v) is 10.4. The van der Waals surface area contributed by atoms with E-state index in [9.17, 15) is 0 Å². The van der Waals surface area contributed by atoms with E-state index in [-0.39, 0.29) is 0 Å². The number of nitrogens with two attached hydrogens (primary N) is 1. The van der Waals surface area contributed by atoms with Crippen molar-refractivity contribution in [1.29, 1.82) is 0 Å². The molecule has 1 saturated heterocycles. The maximum atomic E-state index is 5.83. The van der Waals surface area contributed by atoms with Crippen molar-refractivity contribution in [2.75, 3.05) is 26.7 Å². The van der Waals surface area contributed by atoms with Gasteiger partial charge in [0.15, 0.2) is 0 Å². The summed E-state index contributed by atoms with van der Waals surface area (Å²) >= 11 is 0. The van der Waals surface area contributed by atoms with Crippen LogP contribution in [0.3, 0.4) is 0 Å². The lowest BCUT2D eigenvalue weighted by Crippen LogP contribution is -2.23. The van der Waals surface area contributed by atoms with Crippen LogP contribution in [0, 0.1) is 0 Å². The molecule has 1 heterocycles. The fourth-order valence-electron chi connectivity index (χ4n) is 3.59. The number of likely N-dealkylation sites (tertiary alicyclic amines) is 1. The van der Waals surface area contributed by atoms with Gasteiger partial charge < -0.3 is 15.5 Å². The SMILES string of the molecule is C=C(/N=C\C(=C/C)c1cccc(CN(C)/C(=C/C)CN)c1)N1CCCCCC1. The fourth-order valence-corrected chi connectivity index (χ4v) is 3.59. The fraction of sp³-hybridized carbons (Fsp3) is 0.458. The third-order valence-electron chi connectivity index (χ3n) is 5.35. The van der Waals surface area contributed by atoms with Gasteiger partial charge in [0, 0.05) is 45.1 Å². The smallest absolute Gasteiger partial charge is 0.121 e. The molecule has 0 radical (unpaired) electrons. The molecule has 0 atom stereocenters. The summed E-state index contributed by atoms with van der Waals surface area (Å²) in [5, 5.41) is 0. The van der Waals surface area contributed by atoms with Gasteiger partial charge in [0.25, 0.3) is 0 Å². The second-order valence-corrected chi connectivity index (χ2v) is 7.36. The molecule has 4 nitrogen and oxygen atoms in total. The average molecular weight is 381 g/mol. The van der Waals surface area contributed by atoms with Crippen molar-refractivity contribution in [1.82, 2.24) is 9.80 Å². The van der Waals surface area contributed by atoms with Crippen LogP contribution in [0.2, 0.25) is 0 Å². The maximum Gasteiger partial charge on any atom is 0.121 e. The van der Waals surface area contributed by atoms with Crippen LogP contribution < -0.4 is 5.73 Å². The van der Waals surface area contributed by atoms with Crippen molar-refractivity contribution in [3.8, 4) is 0 Å². The van der Waals surface area contributed by atoms with E-state index in [1.165, 1.54) is 36.8 Å². The lowest BCUT2D eigenvalue weighted by molar-refractivity contribution is 0.357. The normalized spacial score (nSPS) is 16.4. The molecule has 152 valence electrons. The number of allylic oxidation sites excluding steroid dienone is 3. The van der Waals surface area contributed by atoms with Crippen molar-refractivity contribution in [2.24, 2.45) is 10.7 Å². The lowest BCUT2D eigenvalue weighted by Gasteiger charge is -2.22. The number of hydrogen-bond acceptors (Lipinski definition) is 4. The Morgan fingerprint density at radius 2 is 1.89 bits per heavy atom. The van der Waals surface area contributed by atoms with E-state index in [0.717, 1.165) is 36.7 Å². The number of benzene rings is 1. The largest absolute Gasteiger partial charge is 0.373 e. The number of hydrogen-bond donors (Lipinski definition) is 1. The summed E-state index contributed by atoms with van der Waals surface area (Å²) in [6.45, 7) is 11.8. The highest BCUT2D eigenvalue weighted by atomic mass is 15.2. The third-order valence-corrected chi connectivity index (χ3v) is 5.35. The minimum Gasteiger partial charge on any atom is -0.373 e. The molecule has 28 heavy (non-hydrogen) atoms. The average Bonchev–Trinajstić information content (AvgIpc) is 2.99. The molecular formula is C24H36N4. The molecule has 0 amide bonds. The first kappa shape index (κ1) is 22.0. The van der Waals surface area contributed by atoms with Gasteiger partial charge in [-0.05, 0) is 49.5 Å². The number of likely N-dealkylation sites (N-methyl/N-ethyl adjacent to an activating group) is 1. The highest BCUT2D eigenvalue weighted by Crippen LogP contribution is 2.19. The molecule has 0 aromatic heterocycles. The third kappa shape index (κ3) is 6.38. The highest BCUT2D eigenvalue weighted by Gasteiger charge is 2.10. The Kier molecular flexibility index (Phi) is 9.02. The molecule has 2 N–H and O–H groups in total. The Morgan fingerprint density at radius 3 is 2.50 bits per heavy atom. The van der Waals surface area contributed by atoms with Crippen LogP contribution in [0.5, 0.6) is 0 Å². The molecule has 2 rings (SSSR count). The van der Waals surface area contributed by atoms with Gasteiger partial charge in [0.2, 0.25) is 0 Å². The summed E-state index contributed by atoms with van der Waals surface area (Å²) in [5.41, 5.74) is 10.5. The van der Waals surface area contributed by atoms with E-state index < -0.39 is 0 Å². The summed E-state index contributed by atoms with van der Waals surface area (Å²) in [6, 6.07) is 8.64. The predicted molar refractivity (Wildman–Crippen MR) is 122 cm³/mol. The maximum absolute atomic E-state index is 5.83. The van der Waals surface area contributed by atoms with Gasteiger partial charge >= 0.3 is 0 Å². The molecule has 0 aliphatic carbocycles. The van der Waals surface area contributed by atoms with Crippen molar-refractivity contribution in [3.05, 3.63) is 65.6 Å². The van der Waals surface area contributed by atoms with Crippen LogP contribution >= 0.6 is 0 Å². The zero-order valence-electron chi connectivity index (χ0n) is 17.8. The van der Waals surface area contributed by atoms with Gasteiger partial charge in [-0.25, -0.2) is 4.99 Å². The van der Waals surface area contributed by atoms with Crippen LogP contribution in [0.15, 0.2) is 59.5 Å². The van der Waals surface area contributed by atoms with E-state index >= 15 is 0 Å². The molecule has 0 unspecified atom stereocenters. The predicted octanol–water partition coefficient (Wildman–Crippen LogP) is 4.80. The Morgan fingerprint density at radius 1 is 1.18 bits per heavy atom. The van der Waals surface area contributed by atoms with E-state index in [2.05, 4.69) is 71.8 Å². The Hall–Kier alpha value is -2.33. The van der Waals surface area contributed by atoms with Crippen LogP contribution in [0.25, 0.3) is 5.57 Å². The van der Waals surface area contributed by atoms with E-state index in [4.69, 9.17) is 5.73 Å². The van der Waals surface area contributed by atoms with E-state index in [1.54, 1.807) is 0 Å². The molecular weight excluding hydrogens is 344 g/mol. The zero-order valence-corrected chi connectivity index (χ0v) is 17.8. The Bertz CT molecular complexity index is 722. The minimum atomic E-state index is 0.554. The summed E-state index contributed by atoms with van der Waals surface area (Å²) in [7, 11) is 2.08. The van der Waals surface area contributed by atoms with Gasteiger partial charge in [-0.1, -0.05) is 49.8 Å². The van der Waals surface area contributed by atoms with Crippen LogP contribution in [-0.2, 0) is 6.54 Å². The minimum absolute atomic E-state index is 0.554. The van der Waals surface area contributed by atoms with Gasteiger partial charge in [0.05, 0.1) is 0 Å². The monoisotopic (exact) mass is 380 g/mol. The second kappa shape index (κ2) is 11.5. The molecule has 0 spiro atoms. The van der Waals surface area contributed by atoms with E-state index in [1.807, 2.05) is 13.1 Å². The molecule has 1 fully saturated rings. The lowest BCUT2D eigenvalue weighted by atomic mass is 10.0. The first-order valence-electron chi connectivity index (χ1n) is 10.4. The highest BCUT2D eigenvalue weighted by molar-refractivity contribution is 6.10. The van der Waals surface area contributed by atoms with Crippen molar-refractivity contribution < 1.29 is 0 Å². The van der Waals surface area contributed by atoms with Crippen LogP contribution in [0.4, 0.5) is 0 Å². The summed E-state index contributed by atoms with van der Waals surface area (Å²) in [4.78, 5) is 9.20. The standard InChI is InChI=1S/C24H36N4/c1-5-22(18-26-20(3)28-14-9-7-8-10-15-28)23-13-11-12-21(16-23)19-27(4)24(6-2)17-25/h5-6,11-13,16,18H,3,7-10,14-15,17,19,25H2,1-2,4H3/b22-5+,24-6+,26-18-. The summed E-state index contributed by atoms with van der Waals surface area (Å²) in [6.07, 6.45) is 11.2. The van der Waals surface area contributed by atoms with Crippen molar-refractivity contribution in [2.45, 2.75) is 46.1 Å². The van der Waals surface area contributed by atoms with Crippen molar-refractivity contribution in [3.63, 3.8) is 0 Å². The molecule has 0 bridgehead atoms. The van der Waals surface area contributed by atoms with Gasteiger partial charge in [-0.3, -0.25) is 0 Å². The van der Waals surface area contributed by atoms with E-state index in [0.29, 0.717) is 6.54 Å².